The Morgan fingerprint density at radius 2 is 1.81 bits per heavy atom. The maximum absolute atomic E-state index is 16.4. The fourth-order valence-electron chi connectivity index (χ4n) is 7.62. The molecule has 0 spiro atoms. The number of benzene rings is 3. The highest BCUT2D eigenvalue weighted by atomic mass is 19.1. The Labute approximate surface area is 272 Å². The van der Waals surface area contributed by atoms with Crippen LogP contribution in [0.1, 0.15) is 56.2 Å². The number of nitrogens with zero attached hydrogens (tertiary/aromatic N) is 5. The predicted molar refractivity (Wildman–Crippen MR) is 178 cm³/mol. The Hall–Kier alpha value is -4.44. The van der Waals surface area contributed by atoms with E-state index in [1.165, 1.54) is 38.2 Å². The topological polar surface area (TPSA) is 74.6 Å². The molecular weight excluding hydrogens is 603 g/mol. The van der Waals surface area contributed by atoms with Crippen LogP contribution >= 0.6 is 0 Å². The van der Waals surface area contributed by atoms with Gasteiger partial charge in [-0.3, -0.25) is 9.88 Å². The minimum atomic E-state index is -0.682. The quantitative estimate of drug-likeness (QED) is 0.209. The Bertz CT molecular complexity index is 1910. The first kappa shape index (κ1) is 31.2. The van der Waals surface area contributed by atoms with E-state index >= 15 is 4.39 Å². The molecular formula is C37H38F3N5O2. The molecule has 10 heteroatoms. The van der Waals surface area contributed by atoms with Crippen LogP contribution in [0.25, 0.3) is 32.9 Å². The molecule has 0 saturated carbocycles. The van der Waals surface area contributed by atoms with Crippen LogP contribution in [-0.2, 0) is 6.42 Å². The summed E-state index contributed by atoms with van der Waals surface area (Å²) in [6, 6.07) is 16.8. The third kappa shape index (κ3) is 5.84. The number of alkyl halides is 1. The second-order valence-electron chi connectivity index (χ2n) is 12.6. The van der Waals surface area contributed by atoms with Gasteiger partial charge in [-0.1, -0.05) is 43.3 Å². The summed E-state index contributed by atoms with van der Waals surface area (Å²) >= 11 is 0. The molecule has 8 rings (SSSR count). The molecule has 2 aromatic heterocycles. The van der Waals surface area contributed by atoms with E-state index in [0.717, 1.165) is 37.9 Å². The van der Waals surface area contributed by atoms with Crippen LogP contribution in [0.3, 0.4) is 0 Å². The van der Waals surface area contributed by atoms with Gasteiger partial charge in [-0.15, -0.1) is 0 Å². The van der Waals surface area contributed by atoms with Crippen LogP contribution in [0.5, 0.6) is 11.8 Å². The van der Waals surface area contributed by atoms with Gasteiger partial charge in [0.15, 0.2) is 5.82 Å². The fraction of sp³-hybridized carbons (Fsp3) is 0.378. The number of halogens is 3. The van der Waals surface area contributed by atoms with Gasteiger partial charge in [0.1, 0.15) is 34.8 Å². The van der Waals surface area contributed by atoms with Crippen molar-refractivity contribution in [3.05, 3.63) is 83.6 Å². The van der Waals surface area contributed by atoms with Crippen LogP contribution < -0.4 is 9.64 Å². The average Bonchev–Trinajstić information content (AvgIpc) is 3.82. The highest BCUT2D eigenvalue weighted by Gasteiger charge is 2.35. The molecule has 2 unspecified atom stereocenters. The zero-order chi connectivity index (χ0) is 32.7. The van der Waals surface area contributed by atoms with Crippen molar-refractivity contribution in [2.45, 2.75) is 63.7 Å². The van der Waals surface area contributed by atoms with Crippen LogP contribution in [0, 0.1) is 11.6 Å². The van der Waals surface area contributed by atoms with Crippen molar-refractivity contribution in [1.82, 2.24) is 19.9 Å². The summed E-state index contributed by atoms with van der Waals surface area (Å²) in [5, 5.41) is 12.0. The Morgan fingerprint density at radius 1 is 1.00 bits per heavy atom. The van der Waals surface area contributed by atoms with Gasteiger partial charge in [-0.2, -0.15) is 9.97 Å². The van der Waals surface area contributed by atoms with E-state index in [1.807, 2.05) is 25.1 Å². The molecule has 244 valence electrons. The van der Waals surface area contributed by atoms with Gasteiger partial charge >= 0.3 is 6.01 Å². The molecule has 3 aromatic carbocycles. The lowest BCUT2D eigenvalue weighted by molar-refractivity contribution is 0.292. The van der Waals surface area contributed by atoms with E-state index in [1.54, 1.807) is 12.3 Å². The zero-order valence-corrected chi connectivity index (χ0v) is 26.6. The van der Waals surface area contributed by atoms with Gasteiger partial charge in [-0.05, 0) is 85.2 Å². The maximum atomic E-state index is 16.4. The first-order valence-corrected chi connectivity index (χ1v) is 16.4. The molecule has 3 atom stereocenters. The number of aryl methyl sites for hydroxylation is 1. The molecule has 47 heavy (non-hydrogen) atoms. The molecule has 3 fully saturated rings. The number of fused-ring (bicyclic) bond motifs is 3. The van der Waals surface area contributed by atoms with Crippen molar-refractivity contribution >= 4 is 27.5 Å². The lowest BCUT2D eigenvalue weighted by Gasteiger charge is -2.27. The third-order valence-electron chi connectivity index (χ3n) is 9.76. The van der Waals surface area contributed by atoms with Crippen molar-refractivity contribution in [1.29, 1.82) is 0 Å². The molecule has 0 bridgehead atoms. The minimum absolute atomic E-state index is 0.0218. The van der Waals surface area contributed by atoms with Crippen LogP contribution in [-0.4, -0.2) is 63.9 Å². The smallest absolute Gasteiger partial charge is 0.318 e. The lowest BCUT2D eigenvalue weighted by Crippen LogP contribution is -2.24. The van der Waals surface area contributed by atoms with Gasteiger partial charge in [0.05, 0.1) is 18.5 Å². The Balaban J connectivity index is 0.000000334. The van der Waals surface area contributed by atoms with Gasteiger partial charge in [0.25, 0.3) is 0 Å². The molecule has 0 aliphatic carbocycles. The Morgan fingerprint density at radius 3 is 2.57 bits per heavy atom. The second kappa shape index (κ2) is 13.0. The second-order valence-corrected chi connectivity index (χ2v) is 12.6. The van der Waals surface area contributed by atoms with E-state index in [9.17, 15) is 13.9 Å². The SMILES string of the molecule is CCc1c(F)ccc2cc(O)cc(-c3ncc4c(N5CCCC5c5ccccc5)nc(OC)nc4c3F)c12.F[C@@H]1CC2CCCN2C1. The molecule has 1 N–H and O–H groups in total. The summed E-state index contributed by atoms with van der Waals surface area (Å²) < 4.78 is 49.1. The average molecular weight is 642 g/mol. The van der Waals surface area contributed by atoms with Gasteiger partial charge in [0, 0.05) is 30.9 Å². The predicted octanol–water partition coefficient (Wildman–Crippen LogP) is 7.93. The summed E-state index contributed by atoms with van der Waals surface area (Å²) in [6.45, 7) is 4.44. The molecule has 0 radical (unpaired) electrons. The first-order chi connectivity index (χ1) is 22.9. The number of phenols is 1. The number of aromatic hydroxyl groups is 1. The zero-order valence-electron chi connectivity index (χ0n) is 26.6. The van der Waals surface area contributed by atoms with Gasteiger partial charge < -0.3 is 14.7 Å². The van der Waals surface area contributed by atoms with Crippen LogP contribution in [0.4, 0.5) is 19.0 Å². The summed E-state index contributed by atoms with van der Waals surface area (Å²) in [5.41, 5.74) is 1.93. The van der Waals surface area contributed by atoms with Crippen LogP contribution in [0.2, 0.25) is 0 Å². The number of rotatable bonds is 5. The minimum Gasteiger partial charge on any atom is -0.508 e. The summed E-state index contributed by atoms with van der Waals surface area (Å²) in [7, 11) is 1.45. The molecule has 0 amide bonds. The number of hydrogen-bond acceptors (Lipinski definition) is 7. The van der Waals surface area contributed by atoms with Crippen molar-refractivity contribution < 1.29 is 23.0 Å². The number of anilines is 1. The maximum Gasteiger partial charge on any atom is 0.318 e. The molecule has 3 aliphatic rings. The molecule has 3 aliphatic heterocycles. The van der Waals surface area contributed by atoms with Crippen molar-refractivity contribution in [3.8, 4) is 23.0 Å². The molecule has 5 heterocycles. The lowest BCUT2D eigenvalue weighted by atomic mass is 9.94. The first-order valence-electron chi connectivity index (χ1n) is 16.4. The number of ether oxygens (including phenoxy) is 1. The number of methoxy groups -OCH3 is 1. The number of phenolic OH excluding ortho intramolecular Hbond substituents is 1. The normalized spacial score (nSPS) is 20.9. The molecule has 7 nitrogen and oxygen atoms in total. The highest BCUT2D eigenvalue weighted by molar-refractivity contribution is 6.01. The van der Waals surface area contributed by atoms with E-state index in [4.69, 9.17) is 4.74 Å². The highest BCUT2D eigenvalue weighted by Crippen LogP contribution is 2.42. The summed E-state index contributed by atoms with van der Waals surface area (Å²) in [4.78, 5) is 17.9. The molecule has 5 aromatic rings. The van der Waals surface area contributed by atoms with E-state index < -0.39 is 12.0 Å². The number of aromatic nitrogens is 3. The van der Waals surface area contributed by atoms with E-state index in [-0.39, 0.29) is 34.8 Å². The van der Waals surface area contributed by atoms with Crippen molar-refractivity contribution in [3.63, 3.8) is 0 Å². The summed E-state index contributed by atoms with van der Waals surface area (Å²) in [5.74, 6) is -0.582. The number of hydrogen-bond donors (Lipinski definition) is 1. The van der Waals surface area contributed by atoms with Crippen molar-refractivity contribution in [2.24, 2.45) is 0 Å². The standard InChI is InChI=1S/C30H26F2N4O2.C7H12FN/c1-3-20-23(31)12-11-18-14-19(37)15-21(25(18)20)27-26(32)28-22(16-33-27)29(35-30(34-28)38-2)36-13-7-10-24(36)17-8-5-4-6-9-17;8-6-4-7-2-1-3-9(7)5-6/h4-6,8-9,11-12,14-16,24,37H,3,7,10,13H2,1-2H3;6-7H,1-5H2/t;6-,7?/m.1/s1. The van der Waals surface area contributed by atoms with Gasteiger partial charge in [-0.25, -0.2) is 13.2 Å². The van der Waals surface area contributed by atoms with Crippen LogP contribution in [0.15, 0.2) is 60.8 Å². The number of pyridine rings is 1. The van der Waals surface area contributed by atoms with Crippen molar-refractivity contribution in [2.75, 3.05) is 31.6 Å². The molecule has 3 saturated heterocycles. The summed E-state index contributed by atoms with van der Waals surface area (Å²) in [6.07, 6.45) is 6.66. The van der Waals surface area contributed by atoms with E-state index in [2.05, 4.69) is 36.9 Å². The monoisotopic (exact) mass is 641 g/mol. The largest absolute Gasteiger partial charge is 0.508 e. The fourth-order valence-corrected chi connectivity index (χ4v) is 7.62. The van der Waals surface area contributed by atoms with Gasteiger partial charge in [0.2, 0.25) is 0 Å². The third-order valence-corrected chi connectivity index (χ3v) is 9.76. The Kier molecular flexibility index (Phi) is 8.61. The van der Waals surface area contributed by atoms with E-state index in [0.29, 0.717) is 52.1 Å².